The molecule has 0 aliphatic rings. The fourth-order valence-electron chi connectivity index (χ4n) is 0.783. The van der Waals surface area contributed by atoms with Crippen molar-refractivity contribution in [2.75, 3.05) is 0 Å². The van der Waals surface area contributed by atoms with Crippen molar-refractivity contribution in [2.45, 2.75) is 12.3 Å². The lowest BCUT2D eigenvalue weighted by Gasteiger charge is -1.95. The number of alkyl halides is 1. The van der Waals surface area contributed by atoms with E-state index in [1.807, 2.05) is 24.3 Å². The number of halogens is 1. The Morgan fingerprint density at radius 3 is 2.82 bits per heavy atom. The fraction of sp³-hybridized carbons (Fsp3) is 0.250. The van der Waals surface area contributed by atoms with Gasteiger partial charge >= 0.3 is 0 Å². The summed E-state index contributed by atoms with van der Waals surface area (Å²) in [5.41, 5.74) is 1.60. The zero-order valence-electron chi connectivity index (χ0n) is 5.92. The second kappa shape index (κ2) is 3.95. The van der Waals surface area contributed by atoms with Gasteiger partial charge in [0.25, 0.3) is 0 Å². The quantitative estimate of drug-likeness (QED) is 0.630. The molecule has 0 N–H and O–H groups in total. The van der Waals surface area contributed by atoms with Gasteiger partial charge < -0.3 is 0 Å². The molecule has 56 valence electrons. The summed E-state index contributed by atoms with van der Waals surface area (Å²) in [5.74, 6) is 0.402. The summed E-state index contributed by atoms with van der Waals surface area (Å²) in [6, 6.07) is 7.55. The Morgan fingerprint density at radius 2 is 2.18 bits per heavy atom. The number of nitriles is 1. The Kier molecular flexibility index (Phi) is 2.88. The molecule has 0 saturated heterocycles. The van der Waals surface area contributed by atoms with E-state index in [1.165, 1.54) is 0 Å². The summed E-state index contributed by atoms with van der Waals surface area (Å²) in [6.45, 7) is 0. The van der Waals surface area contributed by atoms with Crippen molar-refractivity contribution in [1.82, 2.24) is 4.98 Å². The fourth-order valence-corrected chi connectivity index (χ4v) is 0.932. The van der Waals surface area contributed by atoms with Gasteiger partial charge in [-0.25, -0.2) is 0 Å². The Labute approximate surface area is 70.4 Å². The number of aromatic nitrogens is 1. The lowest BCUT2D eigenvalue weighted by molar-refractivity contribution is 1.05. The van der Waals surface area contributed by atoms with Gasteiger partial charge in [0.05, 0.1) is 29.8 Å². The SMILES string of the molecule is N#CCc1cccc(CCl)n1. The molecule has 0 unspecified atom stereocenters. The van der Waals surface area contributed by atoms with Crippen molar-refractivity contribution in [2.24, 2.45) is 0 Å². The van der Waals surface area contributed by atoms with Gasteiger partial charge in [-0.15, -0.1) is 11.6 Å². The molecule has 0 saturated carbocycles. The Hall–Kier alpha value is -1.07. The van der Waals surface area contributed by atoms with Gasteiger partial charge in [0.15, 0.2) is 0 Å². The van der Waals surface area contributed by atoms with Gasteiger partial charge in [-0.1, -0.05) is 6.07 Å². The zero-order chi connectivity index (χ0) is 8.10. The van der Waals surface area contributed by atoms with E-state index >= 15 is 0 Å². The Morgan fingerprint density at radius 1 is 1.45 bits per heavy atom. The first-order valence-corrected chi connectivity index (χ1v) is 3.78. The molecule has 0 atom stereocenters. The largest absolute Gasteiger partial charge is 0.256 e. The van der Waals surface area contributed by atoms with Crippen LogP contribution in [-0.4, -0.2) is 4.98 Å². The third kappa shape index (κ3) is 2.21. The van der Waals surface area contributed by atoms with Crippen LogP contribution in [0.15, 0.2) is 18.2 Å². The van der Waals surface area contributed by atoms with E-state index < -0.39 is 0 Å². The maximum absolute atomic E-state index is 8.36. The molecule has 11 heavy (non-hydrogen) atoms. The normalized spacial score (nSPS) is 9.09. The predicted molar refractivity (Wildman–Crippen MR) is 43.1 cm³/mol. The van der Waals surface area contributed by atoms with Gasteiger partial charge in [-0.3, -0.25) is 4.98 Å². The standard InChI is InChI=1S/C8H7ClN2/c9-6-8-3-1-2-7(11-8)4-5-10/h1-3H,4,6H2. The summed E-state index contributed by atoms with van der Waals surface area (Å²) in [5, 5.41) is 8.36. The van der Waals surface area contributed by atoms with Crippen molar-refractivity contribution in [1.29, 1.82) is 5.26 Å². The van der Waals surface area contributed by atoms with Crippen molar-refractivity contribution in [3.8, 4) is 6.07 Å². The lowest BCUT2D eigenvalue weighted by Crippen LogP contribution is -1.91. The zero-order valence-corrected chi connectivity index (χ0v) is 6.67. The molecule has 1 aromatic heterocycles. The Balaban J connectivity index is 2.84. The van der Waals surface area contributed by atoms with Crippen molar-refractivity contribution in [3.63, 3.8) is 0 Å². The smallest absolute Gasteiger partial charge is 0.0774 e. The van der Waals surface area contributed by atoms with Gasteiger partial charge in [0, 0.05) is 0 Å². The first kappa shape index (κ1) is 8.03. The highest BCUT2D eigenvalue weighted by atomic mass is 35.5. The molecule has 0 aromatic carbocycles. The van der Waals surface area contributed by atoms with Crippen LogP contribution >= 0.6 is 11.6 Å². The van der Waals surface area contributed by atoms with Crippen LogP contribution < -0.4 is 0 Å². The second-order valence-electron chi connectivity index (χ2n) is 2.09. The number of nitrogens with zero attached hydrogens (tertiary/aromatic N) is 2. The van der Waals surface area contributed by atoms with E-state index in [-0.39, 0.29) is 0 Å². The van der Waals surface area contributed by atoms with E-state index in [9.17, 15) is 0 Å². The van der Waals surface area contributed by atoms with Crippen LogP contribution in [0.1, 0.15) is 11.4 Å². The summed E-state index contributed by atoms with van der Waals surface area (Å²) >= 11 is 5.55. The lowest BCUT2D eigenvalue weighted by atomic mass is 10.2. The average molecular weight is 167 g/mol. The topological polar surface area (TPSA) is 36.7 Å². The minimum absolute atomic E-state index is 0.352. The maximum Gasteiger partial charge on any atom is 0.0774 e. The molecule has 0 spiro atoms. The number of rotatable bonds is 2. The Bertz CT molecular complexity index is 278. The highest BCUT2D eigenvalue weighted by Crippen LogP contribution is 2.02. The van der Waals surface area contributed by atoms with Crippen LogP contribution in [0.25, 0.3) is 0 Å². The molecule has 1 aromatic rings. The minimum atomic E-state index is 0.352. The first-order valence-electron chi connectivity index (χ1n) is 3.24. The average Bonchev–Trinajstić information content (AvgIpc) is 2.06. The van der Waals surface area contributed by atoms with E-state index in [2.05, 4.69) is 4.98 Å². The number of pyridine rings is 1. The molecule has 0 amide bonds. The van der Waals surface area contributed by atoms with Crippen LogP contribution in [0, 0.1) is 11.3 Å². The third-order valence-electron chi connectivity index (χ3n) is 1.26. The molecule has 0 radical (unpaired) electrons. The van der Waals surface area contributed by atoms with Crippen molar-refractivity contribution >= 4 is 11.6 Å². The van der Waals surface area contributed by atoms with Gasteiger partial charge in [-0.2, -0.15) is 5.26 Å². The second-order valence-corrected chi connectivity index (χ2v) is 2.36. The minimum Gasteiger partial charge on any atom is -0.256 e. The molecule has 0 aliphatic heterocycles. The van der Waals surface area contributed by atoms with E-state index in [1.54, 1.807) is 0 Å². The molecular formula is C8H7ClN2. The molecule has 1 heterocycles. The first-order chi connectivity index (χ1) is 5.36. The molecule has 3 heteroatoms. The summed E-state index contributed by atoms with van der Waals surface area (Å²) < 4.78 is 0. The van der Waals surface area contributed by atoms with E-state index in [0.29, 0.717) is 12.3 Å². The van der Waals surface area contributed by atoms with Crippen LogP contribution in [0.2, 0.25) is 0 Å². The highest BCUT2D eigenvalue weighted by Gasteiger charge is 1.94. The molecule has 0 fully saturated rings. The third-order valence-corrected chi connectivity index (χ3v) is 1.54. The van der Waals surface area contributed by atoms with Crippen LogP contribution in [-0.2, 0) is 12.3 Å². The van der Waals surface area contributed by atoms with Gasteiger partial charge in [-0.05, 0) is 12.1 Å². The highest BCUT2D eigenvalue weighted by molar-refractivity contribution is 6.16. The summed E-state index contributed by atoms with van der Waals surface area (Å²) in [6.07, 6.45) is 0.352. The number of hydrogen-bond donors (Lipinski definition) is 0. The van der Waals surface area contributed by atoms with Crippen molar-refractivity contribution < 1.29 is 0 Å². The van der Waals surface area contributed by atoms with Crippen LogP contribution in [0.4, 0.5) is 0 Å². The molecule has 0 bridgehead atoms. The molecule has 1 rings (SSSR count). The van der Waals surface area contributed by atoms with Crippen LogP contribution in [0.5, 0.6) is 0 Å². The van der Waals surface area contributed by atoms with Crippen molar-refractivity contribution in [3.05, 3.63) is 29.6 Å². The summed E-state index contributed by atoms with van der Waals surface area (Å²) in [7, 11) is 0. The number of hydrogen-bond acceptors (Lipinski definition) is 2. The maximum atomic E-state index is 8.36. The van der Waals surface area contributed by atoms with Gasteiger partial charge in [0.1, 0.15) is 0 Å². The van der Waals surface area contributed by atoms with E-state index in [4.69, 9.17) is 16.9 Å². The molecule has 2 nitrogen and oxygen atoms in total. The molecule has 0 aliphatic carbocycles. The van der Waals surface area contributed by atoms with E-state index in [0.717, 1.165) is 11.4 Å². The monoisotopic (exact) mass is 166 g/mol. The molecular weight excluding hydrogens is 160 g/mol. The predicted octanol–water partition coefficient (Wildman–Crippen LogP) is 1.89. The van der Waals surface area contributed by atoms with Crippen LogP contribution in [0.3, 0.4) is 0 Å². The summed E-state index contributed by atoms with van der Waals surface area (Å²) in [4.78, 5) is 4.13. The van der Waals surface area contributed by atoms with Gasteiger partial charge in [0.2, 0.25) is 0 Å².